The molecule has 3 rings (SSSR count). The molecule has 2 aromatic rings. The van der Waals surface area contributed by atoms with Gasteiger partial charge in [-0.3, -0.25) is 19.3 Å². The molecule has 8 heteroatoms. The van der Waals surface area contributed by atoms with Gasteiger partial charge in [-0.2, -0.15) is 11.8 Å². The van der Waals surface area contributed by atoms with Crippen LogP contribution in [0.5, 0.6) is 0 Å². The Hall–Kier alpha value is -2.61. The molecule has 1 aromatic carbocycles. The van der Waals surface area contributed by atoms with Crippen molar-refractivity contribution >= 4 is 35.2 Å². The van der Waals surface area contributed by atoms with Gasteiger partial charge in [0.25, 0.3) is 17.7 Å². The molecule has 0 saturated carbocycles. The van der Waals surface area contributed by atoms with E-state index in [1.54, 1.807) is 23.9 Å². The first kappa shape index (κ1) is 16.3. The van der Waals surface area contributed by atoms with E-state index < -0.39 is 5.91 Å². The molecule has 0 bridgehead atoms. The molecular weight excluding hydrogens is 330 g/mol. The quantitative estimate of drug-likeness (QED) is 0.837. The maximum Gasteiger partial charge on any atom is 0.277 e. The summed E-state index contributed by atoms with van der Waals surface area (Å²) in [6, 6.07) is 6.19. The number of amides is 3. The van der Waals surface area contributed by atoms with Crippen LogP contribution in [0.3, 0.4) is 0 Å². The number of hydrogen-bond acceptors (Lipinski definition) is 6. The molecule has 0 saturated heterocycles. The Balaban J connectivity index is 1.75. The smallest absolute Gasteiger partial charge is 0.277 e. The van der Waals surface area contributed by atoms with E-state index in [2.05, 4.69) is 10.5 Å². The first-order chi connectivity index (χ1) is 11.5. The predicted octanol–water partition coefficient (Wildman–Crippen LogP) is 2.41. The second-order valence-corrected chi connectivity index (χ2v) is 6.47. The maximum atomic E-state index is 12.2. The van der Waals surface area contributed by atoms with Gasteiger partial charge in [0.05, 0.1) is 16.9 Å². The topological polar surface area (TPSA) is 92.5 Å². The zero-order valence-corrected chi connectivity index (χ0v) is 14.0. The molecule has 124 valence electrons. The Morgan fingerprint density at radius 1 is 1.25 bits per heavy atom. The molecule has 0 aliphatic carbocycles. The van der Waals surface area contributed by atoms with Gasteiger partial charge in [0.1, 0.15) is 5.76 Å². The minimum Gasteiger partial charge on any atom is -0.360 e. The van der Waals surface area contributed by atoms with E-state index in [-0.39, 0.29) is 23.1 Å². The standard InChI is InChI=1S/C16H15N3O4S/c1-3-24-8-10-7-13(18-23-10)14(20)17-9-4-5-11-12(6-9)16(22)19(2)15(11)21/h4-7H,3,8H2,1-2H3,(H,17,20). The van der Waals surface area contributed by atoms with Gasteiger partial charge in [-0.15, -0.1) is 0 Å². The number of hydrogen-bond donors (Lipinski definition) is 1. The Morgan fingerprint density at radius 2 is 2.00 bits per heavy atom. The number of fused-ring (bicyclic) bond motifs is 1. The van der Waals surface area contributed by atoms with Crippen LogP contribution in [0, 0.1) is 0 Å². The van der Waals surface area contributed by atoms with Crippen LogP contribution in [-0.4, -0.2) is 40.6 Å². The number of aromatic nitrogens is 1. The SMILES string of the molecule is CCSCc1cc(C(=O)Nc2ccc3c(c2)C(=O)N(C)C3=O)no1. The largest absolute Gasteiger partial charge is 0.360 e. The molecule has 3 amide bonds. The van der Waals surface area contributed by atoms with Crippen LogP contribution in [0.2, 0.25) is 0 Å². The lowest BCUT2D eigenvalue weighted by Gasteiger charge is -2.04. The third-order valence-electron chi connectivity index (χ3n) is 3.59. The van der Waals surface area contributed by atoms with Crippen LogP contribution in [0.1, 0.15) is 43.9 Å². The van der Waals surface area contributed by atoms with Crippen molar-refractivity contribution in [1.82, 2.24) is 10.1 Å². The van der Waals surface area contributed by atoms with E-state index in [0.717, 1.165) is 10.7 Å². The van der Waals surface area contributed by atoms with Gasteiger partial charge in [0.2, 0.25) is 0 Å². The lowest BCUT2D eigenvalue weighted by Crippen LogP contribution is -2.24. The number of anilines is 1. The number of benzene rings is 1. The summed E-state index contributed by atoms with van der Waals surface area (Å²) in [7, 11) is 1.42. The normalized spacial score (nSPS) is 13.3. The fourth-order valence-corrected chi connectivity index (χ4v) is 2.87. The molecule has 0 radical (unpaired) electrons. The Bertz CT molecular complexity index is 830. The number of carbonyl (C=O) groups excluding carboxylic acids is 3. The fraction of sp³-hybridized carbons (Fsp3) is 0.250. The summed E-state index contributed by atoms with van der Waals surface area (Å²) >= 11 is 1.66. The van der Waals surface area contributed by atoms with Crippen molar-refractivity contribution in [2.24, 2.45) is 0 Å². The summed E-state index contributed by atoms with van der Waals surface area (Å²) in [6.45, 7) is 2.03. The second-order valence-electron chi connectivity index (χ2n) is 5.20. The average Bonchev–Trinajstić information content (AvgIpc) is 3.13. The molecule has 1 aromatic heterocycles. The summed E-state index contributed by atoms with van der Waals surface area (Å²) in [5, 5.41) is 6.40. The summed E-state index contributed by atoms with van der Waals surface area (Å²) in [5.41, 5.74) is 1.20. The maximum absolute atomic E-state index is 12.2. The molecule has 24 heavy (non-hydrogen) atoms. The molecular formula is C16H15N3O4S. The highest BCUT2D eigenvalue weighted by Crippen LogP contribution is 2.25. The van der Waals surface area contributed by atoms with Crippen molar-refractivity contribution in [2.75, 3.05) is 18.1 Å². The fourth-order valence-electron chi connectivity index (χ4n) is 2.32. The zero-order valence-electron chi connectivity index (χ0n) is 13.2. The van der Waals surface area contributed by atoms with Crippen LogP contribution >= 0.6 is 11.8 Å². The van der Waals surface area contributed by atoms with Gasteiger partial charge in [0, 0.05) is 18.8 Å². The average molecular weight is 345 g/mol. The van der Waals surface area contributed by atoms with E-state index in [0.29, 0.717) is 22.8 Å². The Morgan fingerprint density at radius 3 is 2.75 bits per heavy atom. The van der Waals surface area contributed by atoms with Crippen molar-refractivity contribution in [3.05, 3.63) is 46.8 Å². The molecule has 0 fully saturated rings. The minimum atomic E-state index is -0.434. The lowest BCUT2D eigenvalue weighted by molar-refractivity contribution is 0.0692. The summed E-state index contributed by atoms with van der Waals surface area (Å²) < 4.78 is 5.11. The molecule has 7 nitrogen and oxygen atoms in total. The first-order valence-electron chi connectivity index (χ1n) is 7.32. The third kappa shape index (κ3) is 2.92. The van der Waals surface area contributed by atoms with Crippen LogP contribution in [0.4, 0.5) is 5.69 Å². The van der Waals surface area contributed by atoms with E-state index in [1.807, 2.05) is 6.92 Å². The summed E-state index contributed by atoms with van der Waals surface area (Å²) in [5.74, 6) is 1.06. The van der Waals surface area contributed by atoms with Gasteiger partial charge in [0.15, 0.2) is 5.69 Å². The predicted molar refractivity (Wildman–Crippen MR) is 89.2 cm³/mol. The van der Waals surface area contributed by atoms with Gasteiger partial charge in [-0.05, 0) is 24.0 Å². The van der Waals surface area contributed by atoms with E-state index in [9.17, 15) is 14.4 Å². The van der Waals surface area contributed by atoms with Gasteiger partial charge in [-0.25, -0.2) is 0 Å². The second kappa shape index (κ2) is 6.48. The highest BCUT2D eigenvalue weighted by Gasteiger charge is 2.32. The monoisotopic (exact) mass is 345 g/mol. The molecule has 1 aliphatic rings. The first-order valence-corrected chi connectivity index (χ1v) is 8.48. The van der Waals surface area contributed by atoms with Crippen LogP contribution in [-0.2, 0) is 5.75 Å². The number of nitrogens with zero attached hydrogens (tertiary/aromatic N) is 2. The Kier molecular flexibility index (Phi) is 4.39. The van der Waals surface area contributed by atoms with Crippen molar-refractivity contribution in [3.8, 4) is 0 Å². The van der Waals surface area contributed by atoms with Crippen molar-refractivity contribution in [3.63, 3.8) is 0 Å². The van der Waals surface area contributed by atoms with Crippen molar-refractivity contribution in [2.45, 2.75) is 12.7 Å². The van der Waals surface area contributed by atoms with Crippen molar-refractivity contribution in [1.29, 1.82) is 0 Å². The number of imide groups is 1. The molecule has 0 spiro atoms. The molecule has 0 unspecified atom stereocenters. The summed E-state index contributed by atoms with van der Waals surface area (Å²) in [6.07, 6.45) is 0. The van der Waals surface area contributed by atoms with E-state index in [4.69, 9.17) is 4.52 Å². The van der Waals surface area contributed by atoms with E-state index in [1.165, 1.54) is 19.2 Å². The molecule has 0 atom stereocenters. The third-order valence-corrected chi connectivity index (χ3v) is 4.48. The highest BCUT2D eigenvalue weighted by atomic mass is 32.2. The molecule has 1 aliphatic heterocycles. The number of nitrogens with one attached hydrogen (secondary N) is 1. The van der Waals surface area contributed by atoms with Gasteiger partial charge >= 0.3 is 0 Å². The zero-order chi connectivity index (χ0) is 17.3. The highest BCUT2D eigenvalue weighted by molar-refractivity contribution is 7.98. The van der Waals surface area contributed by atoms with Crippen molar-refractivity contribution < 1.29 is 18.9 Å². The van der Waals surface area contributed by atoms with Gasteiger partial charge in [-0.1, -0.05) is 12.1 Å². The lowest BCUT2D eigenvalue weighted by atomic mass is 10.1. The van der Waals surface area contributed by atoms with E-state index >= 15 is 0 Å². The van der Waals surface area contributed by atoms with Crippen LogP contribution in [0.15, 0.2) is 28.8 Å². The molecule has 1 N–H and O–H groups in total. The van der Waals surface area contributed by atoms with Crippen LogP contribution in [0.25, 0.3) is 0 Å². The number of thioether (sulfide) groups is 1. The van der Waals surface area contributed by atoms with Crippen LogP contribution < -0.4 is 5.32 Å². The molecule has 2 heterocycles. The minimum absolute atomic E-state index is 0.168. The number of carbonyl (C=O) groups is 3. The number of rotatable bonds is 5. The van der Waals surface area contributed by atoms with Gasteiger partial charge < -0.3 is 9.84 Å². The summed E-state index contributed by atoms with van der Waals surface area (Å²) in [4.78, 5) is 37.1. The Labute approximate surface area is 142 Å².